The smallest absolute Gasteiger partial charge is 0.0406 e. The fourth-order valence-corrected chi connectivity index (χ4v) is 2.92. The third kappa shape index (κ3) is 4.79. The minimum Gasteiger partial charge on any atom is -0.328 e. The molecule has 106 valence electrons. The zero-order valence-corrected chi connectivity index (χ0v) is 12.6. The first-order chi connectivity index (χ1) is 9.17. The van der Waals surface area contributed by atoms with E-state index in [4.69, 9.17) is 17.3 Å². The van der Waals surface area contributed by atoms with Crippen LogP contribution in [0.15, 0.2) is 24.3 Å². The molecule has 0 spiro atoms. The second kappa shape index (κ2) is 7.28. The van der Waals surface area contributed by atoms with Gasteiger partial charge in [0.25, 0.3) is 0 Å². The van der Waals surface area contributed by atoms with Crippen molar-refractivity contribution >= 4 is 11.6 Å². The molecule has 19 heavy (non-hydrogen) atoms. The maximum Gasteiger partial charge on any atom is 0.0406 e. The Morgan fingerprint density at radius 1 is 1.37 bits per heavy atom. The van der Waals surface area contributed by atoms with Gasteiger partial charge in [0.1, 0.15) is 0 Å². The van der Waals surface area contributed by atoms with E-state index in [0.29, 0.717) is 6.04 Å². The lowest BCUT2D eigenvalue weighted by atomic mass is 9.98. The van der Waals surface area contributed by atoms with Crippen LogP contribution in [0, 0.1) is 5.92 Å². The summed E-state index contributed by atoms with van der Waals surface area (Å²) in [7, 11) is 0. The molecule has 2 N–H and O–H groups in total. The highest BCUT2D eigenvalue weighted by Gasteiger charge is 2.22. The van der Waals surface area contributed by atoms with Gasteiger partial charge in [-0.05, 0) is 55.8 Å². The summed E-state index contributed by atoms with van der Waals surface area (Å²) >= 11 is 5.91. The molecule has 1 aliphatic rings. The summed E-state index contributed by atoms with van der Waals surface area (Å²) in [5.74, 6) is 0.838. The molecule has 0 aliphatic carbocycles. The normalized spacial score (nSPS) is 21.7. The maximum atomic E-state index is 6.00. The van der Waals surface area contributed by atoms with Gasteiger partial charge in [-0.25, -0.2) is 0 Å². The van der Waals surface area contributed by atoms with Gasteiger partial charge in [-0.2, -0.15) is 0 Å². The van der Waals surface area contributed by atoms with Gasteiger partial charge in [-0.15, -0.1) is 0 Å². The van der Waals surface area contributed by atoms with Gasteiger partial charge in [-0.1, -0.05) is 30.7 Å². The van der Waals surface area contributed by atoms with Crippen LogP contribution in [0.25, 0.3) is 0 Å². The van der Waals surface area contributed by atoms with Crippen LogP contribution in [0.2, 0.25) is 5.02 Å². The summed E-state index contributed by atoms with van der Waals surface area (Å²) < 4.78 is 0. The summed E-state index contributed by atoms with van der Waals surface area (Å²) in [5.41, 5.74) is 7.35. The second-order valence-electron chi connectivity index (χ2n) is 5.76. The van der Waals surface area contributed by atoms with Gasteiger partial charge in [0, 0.05) is 24.2 Å². The van der Waals surface area contributed by atoms with Gasteiger partial charge in [0.15, 0.2) is 0 Å². The van der Waals surface area contributed by atoms with Crippen molar-refractivity contribution in [2.45, 2.75) is 45.2 Å². The van der Waals surface area contributed by atoms with Crippen molar-refractivity contribution < 1.29 is 0 Å². The Labute approximate surface area is 121 Å². The van der Waals surface area contributed by atoms with E-state index in [9.17, 15) is 0 Å². The number of benzene rings is 1. The first-order valence-corrected chi connectivity index (χ1v) is 7.77. The van der Waals surface area contributed by atoms with Crippen molar-refractivity contribution in [1.29, 1.82) is 0 Å². The minimum absolute atomic E-state index is 0.394. The van der Waals surface area contributed by atoms with Crippen molar-refractivity contribution in [2.24, 2.45) is 11.7 Å². The quantitative estimate of drug-likeness (QED) is 0.861. The number of halogens is 1. The first kappa shape index (κ1) is 14.8. The average Bonchev–Trinajstić information content (AvgIpc) is 2.86. The van der Waals surface area contributed by atoms with E-state index in [2.05, 4.69) is 24.0 Å². The van der Waals surface area contributed by atoms with Crippen molar-refractivity contribution in [1.82, 2.24) is 4.90 Å². The van der Waals surface area contributed by atoms with Gasteiger partial charge in [0.2, 0.25) is 0 Å². The number of nitrogens with zero attached hydrogens (tertiary/aromatic N) is 1. The fraction of sp³-hybridized carbons (Fsp3) is 0.625. The lowest BCUT2D eigenvalue weighted by Crippen LogP contribution is -2.22. The summed E-state index contributed by atoms with van der Waals surface area (Å²) in [6.07, 6.45) is 4.88. The van der Waals surface area contributed by atoms with Crippen molar-refractivity contribution in [3.63, 3.8) is 0 Å². The van der Waals surface area contributed by atoms with Crippen LogP contribution in [0.5, 0.6) is 0 Å². The molecule has 1 aromatic carbocycles. The topological polar surface area (TPSA) is 29.3 Å². The Morgan fingerprint density at radius 2 is 2.11 bits per heavy atom. The number of hydrogen-bond donors (Lipinski definition) is 1. The summed E-state index contributed by atoms with van der Waals surface area (Å²) in [4.78, 5) is 2.55. The van der Waals surface area contributed by atoms with Crippen LogP contribution in [0.4, 0.5) is 0 Å². The van der Waals surface area contributed by atoms with E-state index in [1.54, 1.807) is 0 Å². The molecule has 1 aromatic rings. The highest BCUT2D eigenvalue weighted by Crippen LogP contribution is 2.23. The Kier molecular flexibility index (Phi) is 5.68. The maximum absolute atomic E-state index is 6.00. The van der Waals surface area contributed by atoms with Crippen LogP contribution in [0.3, 0.4) is 0 Å². The molecule has 0 saturated carbocycles. The molecule has 2 atom stereocenters. The third-order valence-corrected chi connectivity index (χ3v) is 4.41. The molecular formula is C16H25ClN2. The van der Waals surface area contributed by atoms with Crippen LogP contribution < -0.4 is 5.73 Å². The zero-order chi connectivity index (χ0) is 13.7. The van der Waals surface area contributed by atoms with Gasteiger partial charge in [-0.3, -0.25) is 4.90 Å². The van der Waals surface area contributed by atoms with E-state index >= 15 is 0 Å². The molecular weight excluding hydrogens is 256 g/mol. The largest absolute Gasteiger partial charge is 0.328 e. The van der Waals surface area contributed by atoms with E-state index < -0.39 is 0 Å². The molecule has 0 amide bonds. The standard InChI is InChI=1S/C16H25ClN2/c1-2-16(18)8-5-14-9-10-19(12-14)11-13-3-6-15(17)7-4-13/h3-4,6-7,14,16H,2,5,8-12,18H2,1H3. The molecule has 2 rings (SSSR count). The van der Waals surface area contributed by atoms with E-state index in [1.807, 2.05) is 12.1 Å². The Bertz CT molecular complexity index is 377. The molecule has 1 heterocycles. The van der Waals surface area contributed by atoms with Crippen LogP contribution in [-0.2, 0) is 6.54 Å². The summed E-state index contributed by atoms with van der Waals surface area (Å²) in [6, 6.07) is 8.60. The van der Waals surface area contributed by atoms with Gasteiger partial charge >= 0.3 is 0 Å². The Balaban J connectivity index is 1.74. The van der Waals surface area contributed by atoms with Crippen LogP contribution in [-0.4, -0.2) is 24.0 Å². The predicted molar refractivity (Wildman–Crippen MR) is 82.3 cm³/mol. The highest BCUT2D eigenvalue weighted by atomic mass is 35.5. The molecule has 3 heteroatoms. The average molecular weight is 281 g/mol. The molecule has 1 fully saturated rings. The molecule has 0 bridgehead atoms. The van der Waals surface area contributed by atoms with Crippen molar-refractivity contribution in [3.8, 4) is 0 Å². The fourth-order valence-electron chi connectivity index (χ4n) is 2.79. The van der Waals surface area contributed by atoms with E-state index in [1.165, 1.54) is 37.9 Å². The van der Waals surface area contributed by atoms with Gasteiger partial charge in [0.05, 0.1) is 0 Å². The molecule has 2 unspecified atom stereocenters. The Morgan fingerprint density at radius 3 is 2.79 bits per heavy atom. The highest BCUT2D eigenvalue weighted by molar-refractivity contribution is 6.30. The number of likely N-dealkylation sites (tertiary alicyclic amines) is 1. The molecule has 1 saturated heterocycles. The number of hydrogen-bond acceptors (Lipinski definition) is 2. The molecule has 0 radical (unpaired) electrons. The molecule has 2 nitrogen and oxygen atoms in total. The lowest BCUT2D eigenvalue weighted by molar-refractivity contribution is 0.310. The summed E-state index contributed by atoms with van der Waals surface area (Å²) in [6.45, 7) is 5.66. The third-order valence-electron chi connectivity index (χ3n) is 4.16. The zero-order valence-electron chi connectivity index (χ0n) is 11.8. The number of rotatable bonds is 6. The minimum atomic E-state index is 0.394. The summed E-state index contributed by atoms with van der Waals surface area (Å²) in [5, 5.41) is 0.816. The molecule has 1 aliphatic heterocycles. The van der Waals surface area contributed by atoms with Crippen molar-refractivity contribution in [3.05, 3.63) is 34.9 Å². The lowest BCUT2D eigenvalue weighted by Gasteiger charge is -2.17. The van der Waals surface area contributed by atoms with Crippen LogP contribution >= 0.6 is 11.6 Å². The SMILES string of the molecule is CCC(N)CCC1CCN(Cc2ccc(Cl)cc2)C1. The molecule has 0 aromatic heterocycles. The van der Waals surface area contributed by atoms with E-state index in [-0.39, 0.29) is 0 Å². The predicted octanol–water partition coefficient (Wildman–Crippen LogP) is 3.68. The Hall–Kier alpha value is -0.570. The number of nitrogens with two attached hydrogens (primary N) is 1. The van der Waals surface area contributed by atoms with Gasteiger partial charge < -0.3 is 5.73 Å². The van der Waals surface area contributed by atoms with Crippen molar-refractivity contribution in [2.75, 3.05) is 13.1 Å². The second-order valence-corrected chi connectivity index (χ2v) is 6.20. The van der Waals surface area contributed by atoms with E-state index in [0.717, 1.165) is 23.9 Å². The van der Waals surface area contributed by atoms with Crippen LogP contribution in [0.1, 0.15) is 38.2 Å². The first-order valence-electron chi connectivity index (χ1n) is 7.39. The monoisotopic (exact) mass is 280 g/mol.